The Hall–Kier alpha value is -2.26. The Morgan fingerprint density at radius 3 is 2.40 bits per heavy atom. The SMILES string of the molecule is CCc1cccc(CNCC(O)CNC(=O)C(O)CCS(=O)(=O)c2ccccc2)c1. The van der Waals surface area contributed by atoms with E-state index in [9.17, 15) is 23.4 Å². The molecule has 2 atom stereocenters. The number of rotatable bonds is 12. The molecule has 0 aromatic heterocycles. The van der Waals surface area contributed by atoms with E-state index in [0.29, 0.717) is 6.54 Å². The summed E-state index contributed by atoms with van der Waals surface area (Å²) in [6.45, 7) is 2.92. The molecule has 8 heteroatoms. The molecule has 0 spiro atoms. The highest BCUT2D eigenvalue weighted by Gasteiger charge is 2.21. The monoisotopic (exact) mass is 434 g/mol. The number of aliphatic hydroxyl groups is 2. The first kappa shape index (κ1) is 24.0. The summed E-state index contributed by atoms with van der Waals surface area (Å²) in [5.74, 6) is -1.04. The van der Waals surface area contributed by atoms with Crippen LogP contribution in [0.15, 0.2) is 59.5 Å². The lowest BCUT2D eigenvalue weighted by Gasteiger charge is -2.15. The number of hydrogen-bond acceptors (Lipinski definition) is 6. The van der Waals surface area contributed by atoms with Gasteiger partial charge in [-0.1, -0.05) is 49.4 Å². The third kappa shape index (κ3) is 7.87. The van der Waals surface area contributed by atoms with Gasteiger partial charge in [-0.2, -0.15) is 0 Å². The van der Waals surface area contributed by atoms with Gasteiger partial charge in [-0.05, 0) is 36.1 Å². The van der Waals surface area contributed by atoms with Crippen molar-refractivity contribution in [3.05, 3.63) is 65.7 Å². The van der Waals surface area contributed by atoms with Gasteiger partial charge in [-0.15, -0.1) is 0 Å². The molecule has 30 heavy (non-hydrogen) atoms. The number of amides is 1. The minimum atomic E-state index is -3.56. The summed E-state index contributed by atoms with van der Waals surface area (Å²) in [7, 11) is -3.56. The van der Waals surface area contributed by atoms with Crippen LogP contribution in [-0.2, 0) is 27.6 Å². The summed E-state index contributed by atoms with van der Waals surface area (Å²) in [5.41, 5.74) is 2.35. The maximum absolute atomic E-state index is 12.2. The lowest BCUT2D eigenvalue weighted by molar-refractivity contribution is -0.129. The van der Waals surface area contributed by atoms with E-state index in [2.05, 4.69) is 29.7 Å². The Morgan fingerprint density at radius 1 is 1.00 bits per heavy atom. The predicted octanol–water partition coefficient (Wildman–Crippen LogP) is 1.04. The van der Waals surface area contributed by atoms with Gasteiger partial charge in [0, 0.05) is 19.6 Å². The van der Waals surface area contributed by atoms with Crippen LogP contribution in [0.1, 0.15) is 24.5 Å². The number of nitrogens with one attached hydrogen (secondary N) is 2. The quantitative estimate of drug-likeness (QED) is 0.397. The number of hydrogen-bond donors (Lipinski definition) is 4. The van der Waals surface area contributed by atoms with E-state index in [-0.39, 0.29) is 30.2 Å². The number of benzene rings is 2. The Balaban J connectivity index is 1.68. The van der Waals surface area contributed by atoms with Crippen molar-refractivity contribution in [2.45, 2.75) is 43.4 Å². The second kappa shape index (κ2) is 11.8. The van der Waals surface area contributed by atoms with Gasteiger partial charge in [-0.3, -0.25) is 4.79 Å². The third-order valence-electron chi connectivity index (χ3n) is 4.69. The van der Waals surface area contributed by atoms with Gasteiger partial charge in [0.1, 0.15) is 6.10 Å². The molecule has 164 valence electrons. The normalized spacial score (nSPS) is 13.6. The number of aliphatic hydroxyl groups excluding tert-OH is 2. The van der Waals surface area contributed by atoms with Crippen LogP contribution < -0.4 is 10.6 Å². The molecule has 0 radical (unpaired) electrons. The Labute approximate surface area is 178 Å². The number of aryl methyl sites for hydroxylation is 1. The van der Waals surface area contributed by atoms with E-state index >= 15 is 0 Å². The van der Waals surface area contributed by atoms with E-state index in [1.165, 1.54) is 17.7 Å². The first-order valence-electron chi connectivity index (χ1n) is 10.0. The van der Waals surface area contributed by atoms with Crippen molar-refractivity contribution in [2.24, 2.45) is 0 Å². The topological polar surface area (TPSA) is 116 Å². The van der Waals surface area contributed by atoms with Gasteiger partial charge in [0.05, 0.1) is 16.8 Å². The summed E-state index contributed by atoms with van der Waals surface area (Å²) < 4.78 is 24.4. The van der Waals surface area contributed by atoms with Crippen LogP contribution in [0.3, 0.4) is 0 Å². The summed E-state index contributed by atoms with van der Waals surface area (Å²) >= 11 is 0. The van der Waals surface area contributed by atoms with Gasteiger partial charge in [0.2, 0.25) is 5.91 Å². The molecule has 4 N–H and O–H groups in total. The third-order valence-corrected chi connectivity index (χ3v) is 6.45. The summed E-state index contributed by atoms with van der Waals surface area (Å²) in [5, 5.41) is 25.5. The maximum atomic E-state index is 12.2. The minimum Gasteiger partial charge on any atom is -0.390 e. The fourth-order valence-electron chi connectivity index (χ4n) is 2.89. The molecule has 0 aliphatic rings. The molecular weight excluding hydrogens is 404 g/mol. The summed E-state index contributed by atoms with van der Waals surface area (Å²) in [6, 6.07) is 16.0. The zero-order chi connectivity index (χ0) is 22.0. The molecule has 2 aromatic rings. The smallest absolute Gasteiger partial charge is 0.248 e. The number of carbonyl (C=O) groups is 1. The van der Waals surface area contributed by atoms with E-state index in [1.54, 1.807) is 18.2 Å². The van der Waals surface area contributed by atoms with Crippen molar-refractivity contribution >= 4 is 15.7 Å². The van der Waals surface area contributed by atoms with Crippen LogP contribution in [0, 0.1) is 0 Å². The van der Waals surface area contributed by atoms with Crippen molar-refractivity contribution in [3.8, 4) is 0 Å². The second-order valence-corrected chi connectivity index (χ2v) is 9.25. The molecule has 0 saturated heterocycles. The molecule has 1 amide bonds. The highest BCUT2D eigenvalue weighted by molar-refractivity contribution is 7.91. The lowest BCUT2D eigenvalue weighted by Crippen LogP contribution is -2.42. The Kier molecular flexibility index (Phi) is 9.45. The molecule has 0 heterocycles. The van der Waals surface area contributed by atoms with Crippen molar-refractivity contribution < 1.29 is 23.4 Å². The first-order chi connectivity index (χ1) is 14.3. The van der Waals surface area contributed by atoms with Crippen molar-refractivity contribution in [2.75, 3.05) is 18.8 Å². The van der Waals surface area contributed by atoms with Gasteiger partial charge in [0.15, 0.2) is 9.84 Å². The second-order valence-electron chi connectivity index (χ2n) is 7.14. The van der Waals surface area contributed by atoms with Gasteiger partial charge in [0.25, 0.3) is 0 Å². The van der Waals surface area contributed by atoms with Gasteiger partial charge < -0.3 is 20.8 Å². The fourth-order valence-corrected chi connectivity index (χ4v) is 4.24. The molecule has 0 saturated carbocycles. The zero-order valence-corrected chi connectivity index (χ0v) is 17.9. The first-order valence-corrected chi connectivity index (χ1v) is 11.7. The van der Waals surface area contributed by atoms with E-state index in [1.807, 2.05) is 12.1 Å². The van der Waals surface area contributed by atoms with Gasteiger partial charge >= 0.3 is 0 Å². The molecule has 2 aromatic carbocycles. The van der Waals surface area contributed by atoms with Gasteiger partial charge in [-0.25, -0.2) is 8.42 Å². The van der Waals surface area contributed by atoms with Crippen molar-refractivity contribution in [3.63, 3.8) is 0 Å². The zero-order valence-electron chi connectivity index (χ0n) is 17.1. The average molecular weight is 435 g/mol. The molecule has 0 bridgehead atoms. The van der Waals surface area contributed by atoms with Crippen LogP contribution in [-0.4, -0.2) is 55.6 Å². The Morgan fingerprint density at radius 2 is 1.70 bits per heavy atom. The maximum Gasteiger partial charge on any atom is 0.248 e. The van der Waals surface area contributed by atoms with Crippen LogP contribution in [0.25, 0.3) is 0 Å². The number of carbonyl (C=O) groups excluding carboxylic acids is 1. The van der Waals surface area contributed by atoms with Crippen LogP contribution in [0.2, 0.25) is 0 Å². The van der Waals surface area contributed by atoms with Crippen molar-refractivity contribution in [1.82, 2.24) is 10.6 Å². The van der Waals surface area contributed by atoms with Crippen LogP contribution in [0.5, 0.6) is 0 Å². The molecule has 2 unspecified atom stereocenters. The largest absolute Gasteiger partial charge is 0.390 e. The van der Waals surface area contributed by atoms with E-state index < -0.39 is 28.0 Å². The minimum absolute atomic E-state index is 0.0384. The fraction of sp³-hybridized carbons (Fsp3) is 0.409. The lowest BCUT2D eigenvalue weighted by atomic mass is 10.1. The van der Waals surface area contributed by atoms with Crippen LogP contribution in [0.4, 0.5) is 0 Å². The Bertz CT molecular complexity index is 903. The number of sulfone groups is 1. The molecule has 2 rings (SSSR count). The molecule has 0 aliphatic carbocycles. The summed E-state index contributed by atoms with van der Waals surface area (Å²) in [6.07, 6.45) is -1.55. The highest BCUT2D eigenvalue weighted by Crippen LogP contribution is 2.12. The molecule has 0 fully saturated rings. The average Bonchev–Trinajstić information content (AvgIpc) is 2.76. The standard InChI is InChI=1S/C22H30N2O5S/c1-2-17-7-6-8-18(13-17)14-23-15-19(25)16-24-22(27)21(26)11-12-30(28,29)20-9-4-3-5-10-20/h3-10,13,19,21,23,25-26H,2,11-12,14-16H2,1H3,(H,24,27). The summed E-state index contributed by atoms with van der Waals surface area (Å²) in [4.78, 5) is 12.1. The van der Waals surface area contributed by atoms with E-state index in [4.69, 9.17) is 0 Å². The highest BCUT2D eigenvalue weighted by atomic mass is 32.2. The molecular formula is C22H30N2O5S. The van der Waals surface area contributed by atoms with Crippen LogP contribution >= 0.6 is 0 Å². The van der Waals surface area contributed by atoms with Crippen molar-refractivity contribution in [1.29, 1.82) is 0 Å². The molecule has 7 nitrogen and oxygen atoms in total. The van der Waals surface area contributed by atoms with E-state index in [0.717, 1.165) is 12.0 Å². The predicted molar refractivity (Wildman–Crippen MR) is 116 cm³/mol. The molecule has 0 aliphatic heterocycles.